The van der Waals surface area contributed by atoms with Crippen molar-refractivity contribution in [2.75, 3.05) is 58.3 Å². The molecule has 8 heteroatoms. The van der Waals surface area contributed by atoms with E-state index in [1.165, 1.54) is 29.5 Å². The van der Waals surface area contributed by atoms with Gasteiger partial charge in [-0.3, -0.25) is 9.69 Å². The molecule has 7 nitrogen and oxygen atoms in total. The molecule has 0 saturated carbocycles. The van der Waals surface area contributed by atoms with Crippen LogP contribution in [0, 0.1) is 6.92 Å². The maximum absolute atomic E-state index is 13.6. The van der Waals surface area contributed by atoms with Gasteiger partial charge in [0.05, 0.1) is 10.5 Å². The van der Waals surface area contributed by atoms with Crippen molar-refractivity contribution in [1.82, 2.24) is 14.1 Å². The summed E-state index contributed by atoms with van der Waals surface area (Å²) < 4.78 is 26.7. The number of hydrogen-bond acceptors (Lipinski definition) is 5. The van der Waals surface area contributed by atoms with Gasteiger partial charge in [-0.1, -0.05) is 24.3 Å². The topological polar surface area (TPSA) is 64.2 Å². The Balaban J connectivity index is 1.53. The lowest BCUT2D eigenvalue weighted by Gasteiger charge is -2.35. The number of rotatable bonds is 6. The Hall–Kier alpha value is -2.42. The molecule has 2 fully saturated rings. The molecule has 2 aromatic carbocycles. The number of carbonyl (C=O) groups is 1. The van der Waals surface area contributed by atoms with Gasteiger partial charge in [0.1, 0.15) is 0 Å². The first-order valence-corrected chi connectivity index (χ1v) is 13.1. The third-order valence-corrected chi connectivity index (χ3v) is 8.55. The summed E-state index contributed by atoms with van der Waals surface area (Å²) in [5, 5.41) is 0. The molecule has 0 unspecified atom stereocenters. The van der Waals surface area contributed by atoms with E-state index in [-0.39, 0.29) is 10.8 Å². The van der Waals surface area contributed by atoms with Gasteiger partial charge in [0.15, 0.2) is 0 Å². The Kier molecular flexibility index (Phi) is 7.07. The minimum atomic E-state index is -3.62. The molecule has 33 heavy (non-hydrogen) atoms. The van der Waals surface area contributed by atoms with E-state index >= 15 is 0 Å². The quantitative estimate of drug-likeness (QED) is 0.650. The summed E-state index contributed by atoms with van der Waals surface area (Å²) in [6.07, 6.45) is 2.17. The Bertz CT molecular complexity index is 1100. The second-order valence-electron chi connectivity index (χ2n) is 9.16. The molecule has 0 radical (unpaired) electrons. The van der Waals surface area contributed by atoms with Crippen LogP contribution in [0.15, 0.2) is 47.4 Å². The lowest BCUT2D eigenvalue weighted by atomic mass is 10.1. The Morgan fingerprint density at radius 1 is 0.939 bits per heavy atom. The van der Waals surface area contributed by atoms with Crippen molar-refractivity contribution in [3.05, 3.63) is 59.2 Å². The highest BCUT2D eigenvalue weighted by molar-refractivity contribution is 7.89. The van der Waals surface area contributed by atoms with Crippen molar-refractivity contribution in [3.63, 3.8) is 0 Å². The predicted octanol–water partition coefficient (Wildman–Crippen LogP) is 2.80. The molecule has 2 aliphatic heterocycles. The minimum absolute atomic E-state index is 0.0803. The lowest BCUT2D eigenvalue weighted by molar-refractivity contribution is 0.0628. The SMILES string of the molecule is Cc1ccccc1CN1CCN(C(=O)c2cc(S(=O)(=O)N(C)C)ccc2N2CCCC2)CC1. The molecule has 1 amide bonds. The summed E-state index contributed by atoms with van der Waals surface area (Å²) in [6, 6.07) is 13.4. The summed E-state index contributed by atoms with van der Waals surface area (Å²) >= 11 is 0. The van der Waals surface area contributed by atoms with Crippen LogP contribution in [0.25, 0.3) is 0 Å². The fraction of sp³-hybridized carbons (Fsp3) is 0.480. The van der Waals surface area contributed by atoms with Crippen molar-refractivity contribution in [3.8, 4) is 0 Å². The molecule has 2 heterocycles. The van der Waals surface area contributed by atoms with Crippen molar-refractivity contribution < 1.29 is 13.2 Å². The van der Waals surface area contributed by atoms with Crippen molar-refractivity contribution in [1.29, 1.82) is 0 Å². The Morgan fingerprint density at radius 3 is 2.24 bits per heavy atom. The highest BCUT2D eigenvalue weighted by Crippen LogP contribution is 2.29. The molecule has 0 bridgehead atoms. The molecule has 2 aromatic rings. The Labute approximate surface area is 197 Å². The van der Waals surface area contributed by atoms with Gasteiger partial charge in [-0.15, -0.1) is 0 Å². The van der Waals surface area contributed by atoms with Crippen LogP contribution in [0.1, 0.15) is 34.3 Å². The fourth-order valence-electron chi connectivity index (χ4n) is 4.60. The van der Waals surface area contributed by atoms with Crippen LogP contribution in [0.2, 0.25) is 0 Å². The van der Waals surface area contributed by atoms with E-state index in [9.17, 15) is 13.2 Å². The number of nitrogens with zero attached hydrogens (tertiary/aromatic N) is 4. The summed E-state index contributed by atoms with van der Waals surface area (Å²) in [5.74, 6) is -0.0803. The highest BCUT2D eigenvalue weighted by atomic mass is 32.2. The van der Waals surface area contributed by atoms with Crippen LogP contribution in [-0.2, 0) is 16.6 Å². The van der Waals surface area contributed by atoms with Gasteiger partial charge in [0.2, 0.25) is 10.0 Å². The Morgan fingerprint density at radius 2 is 1.61 bits per heavy atom. The first-order valence-electron chi connectivity index (χ1n) is 11.6. The van der Waals surface area contributed by atoms with Gasteiger partial charge < -0.3 is 9.80 Å². The highest BCUT2D eigenvalue weighted by Gasteiger charge is 2.29. The molecule has 2 aliphatic rings. The number of anilines is 1. The standard InChI is InChI=1S/C25H34N4O3S/c1-20-8-4-5-9-21(20)19-27-14-16-29(17-15-27)25(30)23-18-22(33(31,32)26(2)3)10-11-24(23)28-12-6-7-13-28/h4-5,8-11,18H,6-7,12-17,19H2,1-3H3. The number of hydrogen-bond donors (Lipinski definition) is 0. The van der Waals surface area contributed by atoms with Gasteiger partial charge in [0, 0.05) is 65.6 Å². The first-order chi connectivity index (χ1) is 15.8. The summed E-state index contributed by atoms with van der Waals surface area (Å²) in [6.45, 7) is 7.66. The zero-order chi connectivity index (χ0) is 23.6. The molecular weight excluding hydrogens is 436 g/mol. The molecule has 0 atom stereocenters. The van der Waals surface area contributed by atoms with Crippen molar-refractivity contribution in [2.24, 2.45) is 0 Å². The minimum Gasteiger partial charge on any atom is -0.371 e. The van der Waals surface area contributed by atoms with E-state index in [0.717, 1.165) is 51.3 Å². The van der Waals surface area contributed by atoms with E-state index in [2.05, 4.69) is 41.0 Å². The van der Waals surface area contributed by atoms with Gasteiger partial charge in [-0.25, -0.2) is 12.7 Å². The summed E-state index contributed by atoms with van der Waals surface area (Å²) in [5.41, 5.74) is 3.94. The van der Waals surface area contributed by atoms with Crippen LogP contribution in [0.4, 0.5) is 5.69 Å². The molecule has 4 rings (SSSR count). The molecular formula is C25H34N4O3S. The molecule has 178 valence electrons. The number of sulfonamides is 1. The average molecular weight is 471 g/mol. The van der Waals surface area contributed by atoms with Gasteiger partial charge in [0.25, 0.3) is 5.91 Å². The van der Waals surface area contributed by atoms with Crippen LogP contribution < -0.4 is 4.90 Å². The van der Waals surface area contributed by atoms with E-state index in [0.29, 0.717) is 18.7 Å². The molecule has 2 saturated heterocycles. The molecule has 0 N–H and O–H groups in total. The maximum Gasteiger partial charge on any atom is 0.256 e. The normalized spacial score (nSPS) is 17.7. The van der Waals surface area contributed by atoms with E-state index in [1.807, 2.05) is 11.0 Å². The van der Waals surface area contributed by atoms with E-state index in [4.69, 9.17) is 0 Å². The second kappa shape index (κ2) is 9.83. The van der Waals surface area contributed by atoms with E-state index in [1.54, 1.807) is 12.1 Å². The zero-order valence-electron chi connectivity index (χ0n) is 19.8. The fourth-order valence-corrected chi connectivity index (χ4v) is 5.53. The van der Waals surface area contributed by atoms with Crippen LogP contribution in [0.5, 0.6) is 0 Å². The summed E-state index contributed by atoms with van der Waals surface area (Å²) in [7, 11) is -0.590. The number of piperazine rings is 1. The first kappa shape index (κ1) is 23.7. The van der Waals surface area contributed by atoms with Crippen molar-refractivity contribution >= 4 is 21.6 Å². The monoisotopic (exact) mass is 470 g/mol. The number of amides is 1. The maximum atomic E-state index is 13.6. The second-order valence-corrected chi connectivity index (χ2v) is 11.3. The molecule has 0 aliphatic carbocycles. The van der Waals surface area contributed by atoms with Gasteiger partial charge in [-0.05, 0) is 49.1 Å². The predicted molar refractivity (Wildman–Crippen MR) is 131 cm³/mol. The number of aryl methyl sites for hydroxylation is 1. The average Bonchev–Trinajstić information content (AvgIpc) is 3.35. The smallest absolute Gasteiger partial charge is 0.256 e. The van der Waals surface area contributed by atoms with Crippen LogP contribution >= 0.6 is 0 Å². The third kappa shape index (κ3) is 5.08. The molecule has 0 aromatic heterocycles. The number of carbonyl (C=O) groups excluding carboxylic acids is 1. The third-order valence-electron chi connectivity index (χ3n) is 6.74. The zero-order valence-corrected chi connectivity index (χ0v) is 20.6. The lowest BCUT2D eigenvalue weighted by Crippen LogP contribution is -2.48. The van der Waals surface area contributed by atoms with Gasteiger partial charge >= 0.3 is 0 Å². The van der Waals surface area contributed by atoms with Crippen LogP contribution in [0.3, 0.4) is 0 Å². The van der Waals surface area contributed by atoms with Gasteiger partial charge in [-0.2, -0.15) is 0 Å². The van der Waals surface area contributed by atoms with Crippen LogP contribution in [-0.4, -0.2) is 81.8 Å². The molecule has 0 spiro atoms. The largest absolute Gasteiger partial charge is 0.371 e. The number of benzene rings is 2. The van der Waals surface area contributed by atoms with E-state index < -0.39 is 10.0 Å². The van der Waals surface area contributed by atoms with Crippen molar-refractivity contribution in [2.45, 2.75) is 31.2 Å². The summed E-state index contributed by atoms with van der Waals surface area (Å²) in [4.78, 5) is 20.2.